The van der Waals surface area contributed by atoms with Gasteiger partial charge < -0.3 is 19.4 Å². The van der Waals surface area contributed by atoms with Gasteiger partial charge in [-0.1, -0.05) is 48.5 Å². The molecule has 4 rings (SSSR count). The Kier molecular flexibility index (Phi) is 5.70. The first-order valence-electron chi connectivity index (χ1n) is 9.81. The summed E-state index contributed by atoms with van der Waals surface area (Å²) in [6, 6.07) is 25.0. The number of amides is 1. The maximum atomic E-state index is 13.1. The summed E-state index contributed by atoms with van der Waals surface area (Å²) in [4.78, 5) is 18.1. The Morgan fingerprint density at radius 2 is 1.63 bits per heavy atom. The van der Waals surface area contributed by atoms with E-state index in [9.17, 15) is 4.79 Å². The van der Waals surface area contributed by atoms with Gasteiger partial charge in [0.05, 0.1) is 13.2 Å². The van der Waals surface area contributed by atoms with Gasteiger partial charge in [-0.3, -0.25) is 4.79 Å². The molecular formula is C25H24N2O3. The molecule has 1 aromatic heterocycles. The highest BCUT2D eigenvalue weighted by atomic mass is 16.5. The number of nitrogens with one attached hydrogen (secondary N) is 1. The number of carbonyl (C=O) groups excluding carboxylic acids is 1. The second-order valence-electron chi connectivity index (χ2n) is 7.07. The highest BCUT2D eigenvalue weighted by Gasteiger charge is 2.26. The fraction of sp³-hybridized carbons (Fsp3) is 0.160. The Morgan fingerprint density at radius 3 is 2.37 bits per heavy atom. The third-order valence-electron chi connectivity index (χ3n) is 5.23. The van der Waals surface area contributed by atoms with Gasteiger partial charge in [-0.05, 0) is 35.9 Å². The minimum Gasteiger partial charge on any atom is -0.497 e. The van der Waals surface area contributed by atoms with Gasteiger partial charge in [0.2, 0.25) is 0 Å². The molecule has 0 unspecified atom stereocenters. The van der Waals surface area contributed by atoms with Crippen LogP contribution in [0.15, 0.2) is 85.1 Å². The van der Waals surface area contributed by atoms with Crippen molar-refractivity contribution >= 4 is 16.8 Å². The first kappa shape index (κ1) is 19.6. The number of nitrogens with zero attached hydrogens (tertiary/aromatic N) is 1. The zero-order valence-corrected chi connectivity index (χ0v) is 17.0. The smallest absolute Gasteiger partial charge is 0.261 e. The van der Waals surface area contributed by atoms with Crippen molar-refractivity contribution < 1.29 is 14.3 Å². The van der Waals surface area contributed by atoms with Crippen LogP contribution in [0.4, 0.5) is 0 Å². The second kappa shape index (κ2) is 8.74. The lowest BCUT2D eigenvalue weighted by molar-refractivity contribution is -0.133. The summed E-state index contributed by atoms with van der Waals surface area (Å²) in [5, 5.41) is 1.09. The number of likely N-dealkylation sites (N-methyl/N-ethyl adjacent to an activating group) is 1. The van der Waals surface area contributed by atoms with Gasteiger partial charge in [0.25, 0.3) is 5.91 Å². The Bertz CT molecular complexity index is 1120. The predicted octanol–water partition coefficient (Wildman–Crippen LogP) is 4.80. The van der Waals surface area contributed by atoms with E-state index in [1.54, 1.807) is 12.0 Å². The minimum atomic E-state index is -0.265. The van der Waals surface area contributed by atoms with E-state index >= 15 is 0 Å². The summed E-state index contributed by atoms with van der Waals surface area (Å²) in [5.74, 6) is 1.34. The normalized spacial score (nSPS) is 11.8. The molecule has 1 amide bonds. The van der Waals surface area contributed by atoms with E-state index in [1.807, 2.05) is 86.0 Å². The molecule has 0 bridgehead atoms. The van der Waals surface area contributed by atoms with E-state index in [0.717, 1.165) is 27.8 Å². The zero-order chi connectivity index (χ0) is 20.9. The molecule has 1 N–H and O–H groups in total. The van der Waals surface area contributed by atoms with Crippen LogP contribution in [0.1, 0.15) is 17.2 Å². The lowest BCUT2D eigenvalue weighted by atomic mass is 9.96. The number of ether oxygens (including phenoxy) is 2. The molecule has 0 fully saturated rings. The molecule has 3 aromatic carbocycles. The Balaban J connectivity index is 1.66. The number of aromatic nitrogens is 1. The quantitative estimate of drug-likeness (QED) is 0.485. The Labute approximate surface area is 175 Å². The van der Waals surface area contributed by atoms with Crippen molar-refractivity contribution in [1.29, 1.82) is 0 Å². The van der Waals surface area contributed by atoms with Gasteiger partial charge in [-0.2, -0.15) is 0 Å². The number of fused-ring (bicyclic) bond motifs is 1. The summed E-state index contributed by atoms with van der Waals surface area (Å²) in [7, 11) is 3.45. The number of rotatable bonds is 7. The van der Waals surface area contributed by atoms with Gasteiger partial charge in [0, 0.05) is 29.7 Å². The van der Waals surface area contributed by atoms with Gasteiger partial charge in [-0.25, -0.2) is 0 Å². The van der Waals surface area contributed by atoms with E-state index in [1.165, 1.54) is 0 Å². The monoisotopic (exact) mass is 400 g/mol. The number of methoxy groups -OCH3 is 1. The number of para-hydroxylation sites is 2. The number of H-pyrrole nitrogens is 1. The molecule has 1 atom stereocenters. The van der Waals surface area contributed by atoms with Crippen LogP contribution in [0.3, 0.4) is 0 Å². The first-order valence-corrected chi connectivity index (χ1v) is 9.81. The van der Waals surface area contributed by atoms with E-state index in [2.05, 4.69) is 11.1 Å². The van der Waals surface area contributed by atoms with Gasteiger partial charge in [0.15, 0.2) is 6.61 Å². The maximum Gasteiger partial charge on any atom is 0.261 e. The summed E-state index contributed by atoms with van der Waals surface area (Å²) >= 11 is 0. The summed E-state index contributed by atoms with van der Waals surface area (Å²) in [6.07, 6.45) is 1.97. The average Bonchev–Trinajstić information content (AvgIpc) is 3.22. The molecule has 0 aliphatic carbocycles. The molecular weight excluding hydrogens is 376 g/mol. The molecule has 0 radical (unpaired) electrons. The molecule has 5 nitrogen and oxygen atoms in total. The standard InChI is InChI=1S/C25H24N2O3/c1-27(24(28)17-30-20-8-4-3-5-9-20)25(18-12-14-19(29-2)15-13-18)22-16-26-23-11-7-6-10-21(22)23/h3-16,25-26H,17H2,1-2H3/t25-/m1/s1. The lowest BCUT2D eigenvalue weighted by Crippen LogP contribution is -2.35. The van der Waals surface area contributed by atoms with Crippen LogP contribution in [0, 0.1) is 0 Å². The molecule has 0 aliphatic rings. The Hall–Kier alpha value is -3.73. The van der Waals surface area contributed by atoms with Crippen molar-refractivity contribution in [2.75, 3.05) is 20.8 Å². The number of hydrogen-bond donors (Lipinski definition) is 1. The summed E-state index contributed by atoms with van der Waals surface area (Å²) in [5.41, 5.74) is 3.06. The van der Waals surface area contributed by atoms with Crippen molar-refractivity contribution in [1.82, 2.24) is 9.88 Å². The largest absolute Gasteiger partial charge is 0.497 e. The molecule has 4 aromatic rings. The van der Waals surface area contributed by atoms with E-state index in [0.29, 0.717) is 5.75 Å². The molecule has 0 saturated carbocycles. The fourth-order valence-electron chi connectivity index (χ4n) is 3.63. The Morgan fingerprint density at radius 1 is 0.933 bits per heavy atom. The van der Waals surface area contributed by atoms with Crippen LogP contribution in [0.5, 0.6) is 11.5 Å². The summed E-state index contributed by atoms with van der Waals surface area (Å²) < 4.78 is 11.0. The second-order valence-corrected chi connectivity index (χ2v) is 7.07. The molecule has 1 heterocycles. The highest BCUT2D eigenvalue weighted by Crippen LogP contribution is 2.34. The van der Waals surface area contributed by atoms with E-state index in [-0.39, 0.29) is 18.6 Å². The molecule has 0 aliphatic heterocycles. The predicted molar refractivity (Wildman–Crippen MR) is 118 cm³/mol. The highest BCUT2D eigenvalue weighted by molar-refractivity contribution is 5.85. The van der Waals surface area contributed by atoms with Crippen molar-refractivity contribution in [2.45, 2.75) is 6.04 Å². The van der Waals surface area contributed by atoms with Crippen LogP contribution in [-0.4, -0.2) is 36.6 Å². The molecule has 0 saturated heterocycles. The van der Waals surface area contributed by atoms with Crippen molar-refractivity contribution in [3.8, 4) is 11.5 Å². The SMILES string of the molecule is COc1ccc([C@H](c2c[nH]c3ccccc23)N(C)C(=O)COc2ccccc2)cc1. The van der Waals surface area contributed by atoms with Crippen LogP contribution >= 0.6 is 0 Å². The lowest BCUT2D eigenvalue weighted by Gasteiger charge is -2.29. The molecule has 0 spiro atoms. The average molecular weight is 400 g/mol. The van der Waals surface area contributed by atoms with Crippen LogP contribution in [-0.2, 0) is 4.79 Å². The van der Waals surface area contributed by atoms with Gasteiger partial charge >= 0.3 is 0 Å². The molecule has 5 heteroatoms. The fourth-order valence-corrected chi connectivity index (χ4v) is 3.63. The van der Waals surface area contributed by atoms with Crippen LogP contribution in [0.25, 0.3) is 10.9 Å². The number of aromatic amines is 1. The summed E-state index contributed by atoms with van der Waals surface area (Å²) in [6.45, 7) is -0.0322. The molecule has 152 valence electrons. The van der Waals surface area contributed by atoms with E-state index in [4.69, 9.17) is 9.47 Å². The number of carbonyl (C=O) groups is 1. The number of benzene rings is 3. The van der Waals surface area contributed by atoms with E-state index < -0.39 is 0 Å². The molecule has 30 heavy (non-hydrogen) atoms. The minimum absolute atomic E-state index is 0.0322. The van der Waals surface area contributed by atoms with Gasteiger partial charge in [-0.15, -0.1) is 0 Å². The topological polar surface area (TPSA) is 54.6 Å². The van der Waals surface area contributed by atoms with Gasteiger partial charge in [0.1, 0.15) is 11.5 Å². The zero-order valence-electron chi connectivity index (χ0n) is 17.0. The van der Waals surface area contributed by atoms with Crippen molar-refractivity contribution in [2.24, 2.45) is 0 Å². The van der Waals surface area contributed by atoms with Crippen molar-refractivity contribution in [3.05, 3.63) is 96.2 Å². The van der Waals surface area contributed by atoms with Crippen LogP contribution in [0.2, 0.25) is 0 Å². The van der Waals surface area contributed by atoms with Crippen LogP contribution < -0.4 is 9.47 Å². The third-order valence-corrected chi connectivity index (χ3v) is 5.23. The number of hydrogen-bond acceptors (Lipinski definition) is 3. The van der Waals surface area contributed by atoms with Crippen molar-refractivity contribution in [3.63, 3.8) is 0 Å². The third kappa shape index (κ3) is 4.01. The first-order chi connectivity index (χ1) is 14.7. The maximum absolute atomic E-state index is 13.1.